The van der Waals surface area contributed by atoms with Crippen LogP contribution in [0.4, 0.5) is 0 Å². The lowest BCUT2D eigenvalue weighted by molar-refractivity contribution is 0.174. The van der Waals surface area contributed by atoms with Crippen molar-refractivity contribution in [3.8, 4) is 11.5 Å². The zero-order chi connectivity index (χ0) is 16.0. The number of rotatable bonds is 2. The molecule has 0 unspecified atom stereocenters. The predicted molar refractivity (Wildman–Crippen MR) is 85.6 cm³/mol. The van der Waals surface area contributed by atoms with E-state index in [1.807, 2.05) is 6.07 Å². The highest BCUT2D eigenvalue weighted by Gasteiger charge is 2.17. The van der Waals surface area contributed by atoms with Crippen LogP contribution in [0, 0.1) is 0 Å². The standard InChI is InChI=1S/C15H11ClN4O3/c1-20-14-9(6-17-20)15(21)19-12(18-14)3-2-8-4-10(16)13-11(5-8)22-7-23-13/h2-6H,7H2,1H3,(H,18,19,21). The summed E-state index contributed by atoms with van der Waals surface area (Å²) in [7, 11) is 1.74. The number of fused-ring (bicyclic) bond motifs is 2. The lowest BCUT2D eigenvalue weighted by Crippen LogP contribution is -2.09. The number of aromatic nitrogens is 4. The number of ether oxygens (including phenoxy) is 2. The first-order valence-corrected chi connectivity index (χ1v) is 7.19. The number of nitrogens with zero attached hydrogens (tertiary/aromatic N) is 3. The van der Waals surface area contributed by atoms with E-state index in [-0.39, 0.29) is 12.4 Å². The minimum absolute atomic E-state index is 0.161. The van der Waals surface area contributed by atoms with E-state index in [9.17, 15) is 4.79 Å². The summed E-state index contributed by atoms with van der Waals surface area (Å²) in [5.41, 5.74) is 1.11. The van der Waals surface area contributed by atoms with Gasteiger partial charge in [-0.2, -0.15) is 5.10 Å². The van der Waals surface area contributed by atoms with Gasteiger partial charge in [-0.1, -0.05) is 17.7 Å². The molecule has 0 atom stereocenters. The Morgan fingerprint density at radius 1 is 1.35 bits per heavy atom. The summed E-state index contributed by atoms with van der Waals surface area (Å²) >= 11 is 6.14. The maximum Gasteiger partial charge on any atom is 0.262 e. The van der Waals surface area contributed by atoms with Crippen molar-refractivity contribution in [3.63, 3.8) is 0 Å². The summed E-state index contributed by atoms with van der Waals surface area (Å²) in [6.45, 7) is 0.161. The van der Waals surface area contributed by atoms with Crippen molar-refractivity contribution in [2.24, 2.45) is 7.05 Å². The fraction of sp³-hybridized carbons (Fsp3) is 0.133. The van der Waals surface area contributed by atoms with Gasteiger partial charge in [-0.05, 0) is 23.8 Å². The number of aryl methyl sites for hydroxylation is 1. The van der Waals surface area contributed by atoms with Crippen LogP contribution in [-0.2, 0) is 7.05 Å². The highest BCUT2D eigenvalue weighted by Crippen LogP contribution is 2.40. The molecule has 1 N–H and O–H groups in total. The molecule has 116 valence electrons. The van der Waals surface area contributed by atoms with Crippen LogP contribution in [0.3, 0.4) is 0 Å². The summed E-state index contributed by atoms with van der Waals surface area (Å²) in [5, 5.41) is 4.96. The molecule has 0 spiro atoms. The number of halogens is 1. The number of benzene rings is 1. The lowest BCUT2D eigenvalue weighted by atomic mass is 10.2. The van der Waals surface area contributed by atoms with Crippen molar-refractivity contribution in [2.45, 2.75) is 0 Å². The van der Waals surface area contributed by atoms with Gasteiger partial charge in [-0.25, -0.2) is 4.98 Å². The highest BCUT2D eigenvalue weighted by molar-refractivity contribution is 6.32. The quantitative estimate of drug-likeness (QED) is 0.779. The average Bonchev–Trinajstić information content (AvgIpc) is 3.13. The third kappa shape index (κ3) is 2.35. The van der Waals surface area contributed by atoms with Crippen LogP contribution < -0.4 is 15.0 Å². The van der Waals surface area contributed by atoms with Gasteiger partial charge >= 0.3 is 0 Å². The van der Waals surface area contributed by atoms with E-state index in [1.54, 1.807) is 29.9 Å². The molecule has 0 amide bonds. The molecular formula is C15H11ClN4O3. The van der Waals surface area contributed by atoms with Crippen LogP contribution in [0.15, 0.2) is 23.1 Å². The van der Waals surface area contributed by atoms with Crippen molar-refractivity contribution in [3.05, 3.63) is 45.1 Å². The second-order valence-corrected chi connectivity index (χ2v) is 5.43. The van der Waals surface area contributed by atoms with Crippen molar-refractivity contribution in [1.82, 2.24) is 19.7 Å². The van der Waals surface area contributed by atoms with Gasteiger partial charge in [0.2, 0.25) is 6.79 Å². The predicted octanol–water partition coefficient (Wildman–Crippen LogP) is 2.21. The topological polar surface area (TPSA) is 82.0 Å². The fourth-order valence-electron chi connectivity index (χ4n) is 2.39. The molecule has 1 aliphatic rings. The molecule has 0 saturated carbocycles. The Labute approximate surface area is 135 Å². The van der Waals surface area contributed by atoms with Gasteiger partial charge in [0.1, 0.15) is 11.2 Å². The zero-order valence-electron chi connectivity index (χ0n) is 12.0. The van der Waals surface area contributed by atoms with Gasteiger partial charge in [0.25, 0.3) is 5.56 Å². The van der Waals surface area contributed by atoms with Crippen LogP contribution in [0.2, 0.25) is 5.02 Å². The SMILES string of the molecule is Cn1ncc2c(=O)[nH]c(C=Cc3cc(Cl)c4c(c3)OCO4)nc21. The Morgan fingerprint density at radius 3 is 3.09 bits per heavy atom. The Hall–Kier alpha value is -2.80. The third-order valence-electron chi connectivity index (χ3n) is 3.50. The molecule has 4 rings (SSSR count). The van der Waals surface area contributed by atoms with Crippen LogP contribution >= 0.6 is 11.6 Å². The Morgan fingerprint density at radius 2 is 2.22 bits per heavy atom. The molecule has 1 aromatic carbocycles. The molecule has 0 bridgehead atoms. The molecule has 3 aromatic rings. The van der Waals surface area contributed by atoms with Crippen molar-refractivity contribution in [2.75, 3.05) is 6.79 Å². The summed E-state index contributed by atoms with van der Waals surface area (Å²) in [6.07, 6.45) is 4.97. The normalized spacial score (nSPS) is 13.3. The summed E-state index contributed by atoms with van der Waals surface area (Å²) in [4.78, 5) is 19.1. The Kier molecular flexibility index (Phi) is 3.09. The van der Waals surface area contributed by atoms with Gasteiger partial charge in [0.15, 0.2) is 17.1 Å². The second-order valence-electron chi connectivity index (χ2n) is 5.03. The number of hydrogen-bond donors (Lipinski definition) is 1. The molecule has 0 fully saturated rings. The molecular weight excluding hydrogens is 320 g/mol. The molecule has 0 radical (unpaired) electrons. The molecule has 2 aromatic heterocycles. The van der Waals surface area contributed by atoms with Gasteiger partial charge in [-0.3, -0.25) is 9.48 Å². The average molecular weight is 331 g/mol. The maximum atomic E-state index is 12.0. The van der Waals surface area contributed by atoms with E-state index in [0.717, 1.165) is 5.56 Å². The summed E-state index contributed by atoms with van der Waals surface area (Å²) < 4.78 is 12.2. The molecule has 3 heterocycles. The number of H-pyrrole nitrogens is 1. The maximum absolute atomic E-state index is 12.0. The minimum Gasteiger partial charge on any atom is -0.454 e. The van der Waals surface area contributed by atoms with Gasteiger partial charge in [0.05, 0.1) is 11.2 Å². The molecule has 1 aliphatic heterocycles. The monoisotopic (exact) mass is 330 g/mol. The summed E-state index contributed by atoms with van der Waals surface area (Å²) in [6, 6.07) is 3.57. The van der Waals surface area contributed by atoms with Gasteiger partial charge < -0.3 is 14.5 Å². The molecule has 23 heavy (non-hydrogen) atoms. The largest absolute Gasteiger partial charge is 0.454 e. The summed E-state index contributed by atoms with van der Waals surface area (Å²) in [5.74, 6) is 1.58. The van der Waals surface area contributed by atoms with Gasteiger partial charge in [0, 0.05) is 7.05 Å². The number of hydrogen-bond acceptors (Lipinski definition) is 5. The van der Waals surface area contributed by atoms with Crippen LogP contribution in [0.5, 0.6) is 11.5 Å². The van der Waals surface area contributed by atoms with Crippen molar-refractivity contribution >= 4 is 34.8 Å². The van der Waals surface area contributed by atoms with Crippen molar-refractivity contribution in [1.29, 1.82) is 0 Å². The number of aromatic amines is 1. The first-order chi connectivity index (χ1) is 11.1. The van der Waals surface area contributed by atoms with Crippen LogP contribution in [0.25, 0.3) is 23.2 Å². The number of nitrogens with one attached hydrogen (secondary N) is 1. The highest BCUT2D eigenvalue weighted by atomic mass is 35.5. The fourth-order valence-corrected chi connectivity index (χ4v) is 2.66. The van der Waals surface area contributed by atoms with Crippen LogP contribution in [0.1, 0.15) is 11.4 Å². The zero-order valence-corrected chi connectivity index (χ0v) is 12.8. The van der Waals surface area contributed by atoms with E-state index in [0.29, 0.717) is 33.4 Å². The van der Waals surface area contributed by atoms with E-state index < -0.39 is 0 Å². The van der Waals surface area contributed by atoms with E-state index in [2.05, 4.69) is 15.1 Å². The molecule has 0 aliphatic carbocycles. The Balaban J connectivity index is 1.73. The van der Waals surface area contributed by atoms with Crippen LogP contribution in [-0.4, -0.2) is 26.5 Å². The second kappa shape index (κ2) is 5.13. The Bertz CT molecular complexity index is 1010. The molecule has 8 heteroatoms. The first kappa shape index (κ1) is 13.8. The van der Waals surface area contributed by atoms with Gasteiger partial charge in [-0.15, -0.1) is 0 Å². The van der Waals surface area contributed by atoms with E-state index in [1.165, 1.54) is 6.20 Å². The van der Waals surface area contributed by atoms with Crippen molar-refractivity contribution < 1.29 is 9.47 Å². The minimum atomic E-state index is -0.230. The lowest BCUT2D eigenvalue weighted by Gasteiger charge is -2.01. The molecule has 0 saturated heterocycles. The third-order valence-corrected chi connectivity index (χ3v) is 3.78. The smallest absolute Gasteiger partial charge is 0.262 e. The first-order valence-electron chi connectivity index (χ1n) is 6.81. The molecule has 7 nitrogen and oxygen atoms in total. The van der Waals surface area contributed by atoms with E-state index >= 15 is 0 Å². The van der Waals surface area contributed by atoms with E-state index in [4.69, 9.17) is 21.1 Å².